The normalized spacial score (nSPS) is 14.0. The molecule has 1 saturated heterocycles. The third kappa shape index (κ3) is 5.05. The molecular weight excluding hydrogens is 396 g/mol. The lowest BCUT2D eigenvalue weighted by molar-refractivity contribution is -0.133. The Morgan fingerprint density at radius 3 is 2.34 bits per heavy atom. The maximum absolute atomic E-state index is 12.6. The summed E-state index contributed by atoms with van der Waals surface area (Å²) in [4.78, 5) is 25.4. The van der Waals surface area contributed by atoms with E-state index in [0.29, 0.717) is 5.75 Å². The number of hydrogen-bond donors (Lipinski definition) is 1. The molecule has 3 rings (SSSR count). The van der Waals surface area contributed by atoms with Gasteiger partial charge in [0, 0.05) is 13.1 Å². The molecule has 1 heterocycles. The van der Waals surface area contributed by atoms with Crippen LogP contribution in [0.1, 0.15) is 5.56 Å². The van der Waals surface area contributed by atoms with Gasteiger partial charge < -0.3 is 19.7 Å². The summed E-state index contributed by atoms with van der Waals surface area (Å²) >= 11 is 0. The van der Waals surface area contributed by atoms with Gasteiger partial charge in [0.05, 0.1) is 12.0 Å². The highest BCUT2D eigenvalue weighted by Gasteiger charge is 2.40. The molecule has 9 heteroatoms. The zero-order chi connectivity index (χ0) is 20.9. The second-order valence-electron chi connectivity index (χ2n) is 6.56. The molecule has 0 atom stereocenters. The number of ether oxygens (including phenoxy) is 2. The number of carbonyl (C=O) groups excluding carboxylic acids is 2. The summed E-state index contributed by atoms with van der Waals surface area (Å²) in [5.41, 5.74) is 0.836. The van der Waals surface area contributed by atoms with E-state index in [1.165, 1.54) is 24.1 Å². The minimum atomic E-state index is -3.53. The first-order valence-electron chi connectivity index (χ1n) is 9.00. The molecule has 1 aliphatic heterocycles. The van der Waals surface area contributed by atoms with Crippen molar-refractivity contribution in [2.75, 3.05) is 26.7 Å². The molecule has 154 valence electrons. The van der Waals surface area contributed by atoms with Gasteiger partial charge in [-0.25, -0.2) is 13.2 Å². The fraction of sp³-hybridized carbons (Fsp3) is 0.300. The highest BCUT2D eigenvalue weighted by Crippen LogP contribution is 2.25. The van der Waals surface area contributed by atoms with Crippen LogP contribution < -0.4 is 10.1 Å². The van der Waals surface area contributed by atoms with Gasteiger partial charge in [0.25, 0.3) is 0 Å². The standard InChI is InChI=1S/C20H22N2O6S/c1-27-16-7-9-17(10-8-16)29(25,26)18-12-22(13-18)19(23)11-21-20(24)28-14-15-5-3-2-4-6-15/h2-10,18H,11-14H2,1H3,(H,21,24). The molecule has 2 aromatic carbocycles. The molecule has 0 aromatic heterocycles. The smallest absolute Gasteiger partial charge is 0.407 e. The Balaban J connectivity index is 1.42. The molecular formula is C20H22N2O6S. The third-order valence-corrected chi connectivity index (χ3v) is 6.73. The van der Waals surface area contributed by atoms with Crippen LogP contribution in [0.5, 0.6) is 5.75 Å². The second kappa shape index (κ2) is 8.95. The zero-order valence-electron chi connectivity index (χ0n) is 15.9. The number of likely N-dealkylation sites (tertiary alicyclic amines) is 1. The monoisotopic (exact) mass is 418 g/mol. The first-order chi connectivity index (χ1) is 13.9. The number of hydrogen-bond acceptors (Lipinski definition) is 6. The van der Waals surface area contributed by atoms with Crippen LogP contribution in [0.2, 0.25) is 0 Å². The van der Waals surface area contributed by atoms with Gasteiger partial charge in [0.15, 0.2) is 9.84 Å². The number of amides is 2. The molecule has 0 bridgehead atoms. The molecule has 0 aliphatic carbocycles. The van der Waals surface area contributed by atoms with Crippen LogP contribution in [-0.4, -0.2) is 57.3 Å². The van der Waals surface area contributed by atoms with Crippen molar-refractivity contribution >= 4 is 21.8 Å². The first-order valence-corrected chi connectivity index (χ1v) is 10.5. The van der Waals surface area contributed by atoms with Crippen molar-refractivity contribution in [2.24, 2.45) is 0 Å². The Kier molecular flexibility index (Phi) is 6.38. The molecule has 1 N–H and O–H groups in total. The Bertz CT molecular complexity index is 954. The molecule has 2 aromatic rings. The zero-order valence-corrected chi connectivity index (χ0v) is 16.7. The third-order valence-electron chi connectivity index (χ3n) is 4.62. The Morgan fingerprint density at radius 2 is 1.72 bits per heavy atom. The Labute approximate surface area is 169 Å². The maximum Gasteiger partial charge on any atom is 0.407 e. The number of sulfone groups is 1. The minimum Gasteiger partial charge on any atom is -0.497 e. The molecule has 29 heavy (non-hydrogen) atoms. The predicted molar refractivity (Wildman–Crippen MR) is 105 cm³/mol. The van der Waals surface area contributed by atoms with Crippen molar-refractivity contribution in [1.82, 2.24) is 10.2 Å². The van der Waals surface area contributed by atoms with Crippen LogP contribution in [0.25, 0.3) is 0 Å². The van der Waals surface area contributed by atoms with Gasteiger partial charge in [-0.15, -0.1) is 0 Å². The van der Waals surface area contributed by atoms with Gasteiger partial charge in [-0.3, -0.25) is 4.79 Å². The highest BCUT2D eigenvalue weighted by atomic mass is 32.2. The minimum absolute atomic E-state index is 0.0912. The van der Waals surface area contributed by atoms with E-state index in [1.807, 2.05) is 30.3 Å². The van der Waals surface area contributed by atoms with E-state index in [9.17, 15) is 18.0 Å². The lowest BCUT2D eigenvalue weighted by Crippen LogP contribution is -2.58. The fourth-order valence-corrected chi connectivity index (χ4v) is 4.48. The molecule has 8 nitrogen and oxygen atoms in total. The maximum atomic E-state index is 12.6. The molecule has 1 aliphatic rings. The van der Waals surface area contributed by atoms with E-state index < -0.39 is 21.2 Å². The topological polar surface area (TPSA) is 102 Å². The van der Waals surface area contributed by atoms with Gasteiger partial charge in [0.2, 0.25) is 5.91 Å². The number of nitrogens with zero attached hydrogens (tertiary/aromatic N) is 1. The number of alkyl carbamates (subject to hydrolysis) is 1. The van der Waals surface area contributed by atoms with E-state index in [0.717, 1.165) is 5.56 Å². The van der Waals surface area contributed by atoms with E-state index in [1.54, 1.807) is 12.1 Å². The van der Waals surface area contributed by atoms with Gasteiger partial charge in [-0.05, 0) is 29.8 Å². The lowest BCUT2D eigenvalue weighted by Gasteiger charge is -2.38. The van der Waals surface area contributed by atoms with E-state index >= 15 is 0 Å². The summed E-state index contributed by atoms with van der Waals surface area (Å²) in [5, 5.41) is 1.72. The summed E-state index contributed by atoms with van der Waals surface area (Å²) in [6.07, 6.45) is -0.704. The average Bonchev–Trinajstić information content (AvgIpc) is 2.70. The predicted octanol–water partition coefficient (Wildman–Crippen LogP) is 1.61. The van der Waals surface area contributed by atoms with E-state index in [4.69, 9.17) is 9.47 Å². The second-order valence-corrected chi connectivity index (χ2v) is 8.78. The SMILES string of the molecule is COc1ccc(S(=O)(=O)C2CN(C(=O)CNC(=O)OCc3ccccc3)C2)cc1. The van der Waals surface area contributed by atoms with Gasteiger partial charge in [-0.2, -0.15) is 0 Å². The van der Waals surface area contributed by atoms with Crippen molar-refractivity contribution < 1.29 is 27.5 Å². The fourth-order valence-electron chi connectivity index (χ4n) is 2.83. The summed E-state index contributed by atoms with van der Waals surface area (Å²) in [7, 11) is -2.02. The average molecular weight is 418 g/mol. The number of nitrogens with one attached hydrogen (secondary N) is 1. The van der Waals surface area contributed by atoms with Crippen LogP contribution in [0.15, 0.2) is 59.5 Å². The van der Waals surface area contributed by atoms with Crippen molar-refractivity contribution in [3.63, 3.8) is 0 Å². The van der Waals surface area contributed by atoms with Gasteiger partial charge in [-0.1, -0.05) is 30.3 Å². The van der Waals surface area contributed by atoms with Crippen LogP contribution in [-0.2, 0) is 26.0 Å². The Hall–Kier alpha value is -3.07. The van der Waals surface area contributed by atoms with Crippen LogP contribution >= 0.6 is 0 Å². The first kappa shape index (κ1) is 20.7. The summed E-state index contributed by atoms with van der Waals surface area (Å²) in [6.45, 7) is 0.0392. The molecule has 2 amide bonds. The van der Waals surface area contributed by atoms with Crippen LogP contribution in [0.4, 0.5) is 4.79 Å². The van der Waals surface area contributed by atoms with Gasteiger partial charge >= 0.3 is 6.09 Å². The summed E-state index contributed by atoms with van der Waals surface area (Å²) < 4.78 is 35.3. The van der Waals surface area contributed by atoms with Gasteiger partial charge in [0.1, 0.15) is 24.2 Å². The van der Waals surface area contributed by atoms with Crippen LogP contribution in [0.3, 0.4) is 0 Å². The Morgan fingerprint density at radius 1 is 1.07 bits per heavy atom. The van der Waals surface area contributed by atoms with Crippen molar-refractivity contribution in [2.45, 2.75) is 16.8 Å². The summed E-state index contributed by atoms with van der Waals surface area (Å²) in [5.74, 6) is 0.211. The van der Waals surface area contributed by atoms with Crippen molar-refractivity contribution in [3.05, 3.63) is 60.2 Å². The van der Waals surface area contributed by atoms with Crippen molar-refractivity contribution in [1.29, 1.82) is 0 Å². The van der Waals surface area contributed by atoms with E-state index in [-0.39, 0.29) is 37.0 Å². The lowest BCUT2D eigenvalue weighted by atomic mass is 10.2. The number of carbonyl (C=O) groups is 2. The quantitative estimate of drug-likeness (QED) is 0.733. The molecule has 1 fully saturated rings. The number of benzene rings is 2. The van der Waals surface area contributed by atoms with E-state index in [2.05, 4.69) is 5.32 Å². The number of rotatable bonds is 7. The highest BCUT2D eigenvalue weighted by molar-refractivity contribution is 7.92. The summed E-state index contributed by atoms with van der Waals surface area (Å²) in [6, 6.07) is 15.3. The number of methoxy groups -OCH3 is 1. The van der Waals surface area contributed by atoms with Crippen molar-refractivity contribution in [3.8, 4) is 5.75 Å². The molecule has 0 radical (unpaired) electrons. The molecule has 0 saturated carbocycles. The van der Waals surface area contributed by atoms with Crippen LogP contribution in [0, 0.1) is 0 Å². The molecule has 0 spiro atoms. The molecule has 0 unspecified atom stereocenters. The largest absolute Gasteiger partial charge is 0.497 e.